The number of nitrogens with one attached hydrogen (secondary N) is 2. The Balaban J connectivity index is 0.00000146. The smallest absolute Gasteiger partial charge is 0.355 e. The highest BCUT2D eigenvalue weighted by atomic mass is 127. The van der Waals surface area contributed by atoms with Gasteiger partial charge in [-0.1, -0.05) is 0 Å². The van der Waals surface area contributed by atoms with Gasteiger partial charge in [0.15, 0.2) is 6.61 Å². The highest BCUT2D eigenvalue weighted by Crippen LogP contribution is 2.38. The quantitative estimate of drug-likeness (QED) is 0.0780. The van der Waals surface area contributed by atoms with Crippen LogP contribution in [-0.4, -0.2) is 86.0 Å². The number of amides is 2. The summed E-state index contributed by atoms with van der Waals surface area (Å²) in [7, 11) is -2.29. The average Bonchev–Trinajstić information content (AvgIpc) is 3.37. The van der Waals surface area contributed by atoms with Gasteiger partial charge >= 0.3 is 5.97 Å². The van der Waals surface area contributed by atoms with Crippen molar-refractivity contribution in [3.63, 3.8) is 0 Å². The summed E-state index contributed by atoms with van der Waals surface area (Å²) in [4.78, 5) is 51.5. The number of carbonyl (C=O) groups excluding carboxylic acids is 4. The number of hydrogen-bond donors (Lipinski definition) is 2. The number of H-pyrrole nitrogens is 1. The summed E-state index contributed by atoms with van der Waals surface area (Å²) in [6, 6.07) is 8.12. The van der Waals surface area contributed by atoms with Crippen molar-refractivity contribution >= 4 is 75.5 Å². The van der Waals surface area contributed by atoms with E-state index in [1.165, 1.54) is 70.1 Å². The van der Waals surface area contributed by atoms with Gasteiger partial charge in [-0.3, -0.25) is 14.5 Å². The molecule has 2 atom stereocenters. The number of aromatic nitrogens is 1. The Labute approximate surface area is 320 Å². The molecular weight excluding hydrogens is 828 g/mol. The predicted molar refractivity (Wildman–Crippen MR) is 208 cm³/mol. The van der Waals surface area contributed by atoms with Crippen LogP contribution in [0, 0.1) is 25.1 Å². The fourth-order valence-electron chi connectivity index (χ4n) is 5.09. The lowest BCUT2D eigenvalue weighted by molar-refractivity contribution is -0.153. The number of esters is 1. The van der Waals surface area contributed by atoms with Crippen LogP contribution in [0.4, 0.5) is 4.39 Å². The molecule has 12 nitrogen and oxygen atoms in total. The summed E-state index contributed by atoms with van der Waals surface area (Å²) in [5, 5.41) is 2.80. The predicted octanol–water partition coefficient (Wildman–Crippen LogP) is 5.91. The van der Waals surface area contributed by atoms with E-state index >= 15 is 0 Å². The van der Waals surface area contributed by atoms with Gasteiger partial charge in [0.2, 0.25) is 13.4 Å². The Bertz CT molecular complexity index is 1950. The van der Waals surface area contributed by atoms with E-state index in [1.54, 1.807) is 59.7 Å². The number of hydrogen-bond acceptors (Lipinski definition) is 10. The zero-order valence-corrected chi connectivity index (χ0v) is 34.0. The number of thioether (sulfide) groups is 1. The zero-order chi connectivity index (χ0) is 39.4. The third kappa shape index (κ3) is 12.1. The van der Waals surface area contributed by atoms with Crippen molar-refractivity contribution in [1.29, 1.82) is 0 Å². The van der Waals surface area contributed by atoms with Gasteiger partial charge in [0.1, 0.15) is 34.5 Å². The Morgan fingerprint density at radius 1 is 1.23 bits per heavy atom. The third-order valence-electron chi connectivity index (χ3n) is 7.01. The number of aldehydes is 1. The minimum atomic E-state index is -3.78. The fourth-order valence-corrected chi connectivity index (χ4v) is 8.13. The number of terminal acetylenes is 1. The molecule has 2 N–H and O–H groups in total. The fraction of sp³-hybridized carbons (Fsp3) is 0.389. The van der Waals surface area contributed by atoms with E-state index in [2.05, 4.69) is 22.6 Å². The molecule has 1 aliphatic rings. The Morgan fingerprint density at radius 3 is 2.42 bits per heavy atom. The van der Waals surface area contributed by atoms with Crippen LogP contribution in [0.1, 0.15) is 47.1 Å². The van der Waals surface area contributed by atoms with Crippen LogP contribution >= 0.6 is 33.0 Å². The summed E-state index contributed by atoms with van der Waals surface area (Å²) < 4.78 is 55.9. The first kappa shape index (κ1) is 44.2. The molecule has 0 fully saturated rings. The molecule has 2 heterocycles. The molecule has 2 unspecified atom stereocenters. The second-order valence-corrected chi connectivity index (χ2v) is 18.1. The Morgan fingerprint density at radius 2 is 1.87 bits per heavy atom. The summed E-state index contributed by atoms with van der Waals surface area (Å²) in [6.45, 7) is 11.4. The standard InChI is InChI=1S/C31H35FIN3O8S2.C3H4.C2H4O/c1-17-23-11-20(32)7-10-24(23)35-27(17)22-9-8-21(12-25(22)46(33,40)41)43-14-26(38)34-18(2)29-36(16-37)28(19(13-42-6)15-45-29)30(39)44-31(3,4)5;1-3-2;1-2-3/h7-12,16,18,29,35H,13-15H2,1-6H3,(H,34,38);1H,2H3;2H,1H3. The van der Waals surface area contributed by atoms with Gasteiger partial charge in [-0.25, -0.2) is 17.6 Å². The average molecular weight is 872 g/mol. The van der Waals surface area contributed by atoms with Crippen molar-refractivity contribution in [3.05, 3.63) is 59.0 Å². The maximum Gasteiger partial charge on any atom is 0.355 e. The van der Waals surface area contributed by atoms with Crippen molar-refractivity contribution in [2.24, 2.45) is 0 Å². The molecule has 1 aromatic heterocycles. The summed E-state index contributed by atoms with van der Waals surface area (Å²) >= 11 is 2.70. The first-order valence-corrected chi connectivity index (χ1v) is 20.8. The van der Waals surface area contributed by atoms with Gasteiger partial charge in [-0.2, -0.15) is 0 Å². The molecule has 0 saturated heterocycles. The van der Waals surface area contributed by atoms with Crippen molar-refractivity contribution in [2.75, 3.05) is 26.1 Å². The lowest BCUT2D eigenvalue weighted by Crippen LogP contribution is -2.52. The molecule has 2 aromatic carbocycles. The van der Waals surface area contributed by atoms with Crippen molar-refractivity contribution in [2.45, 2.75) is 70.4 Å². The molecule has 0 saturated carbocycles. The molecule has 0 aliphatic carbocycles. The number of halogens is 2. The van der Waals surface area contributed by atoms with Gasteiger partial charge < -0.3 is 29.3 Å². The number of benzene rings is 2. The van der Waals surface area contributed by atoms with Crippen LogP contribution in [0.2, 0.25) is 0 Å². The van der Waals surface area contributed by atoms with Crippen LogP contribution in [0.5, 0.6) is 5.75 Å². The van der Waals surface area contributed by atoms with Gasteiger partial charge in [0, 0.05) is 35.4 Å². The molecule has 282 valence electrons. The lowest BCUT2D eigenvalue weighted by Gasteiger charge is -2.38. The molecular formula is C36H43FIN3O9S2. The highest BCUT2D eigenvalue weighted by molar-refractivity contribution is 14.2. The van der Waals surface area contributed by atoms with Crippen LogP contribution in [0.15, 0.2) is 52.6 Å². The van der Waals surface area contributed by atoms with Gasteiger partial charge in [0.25, 0.3) is 5.91 Å². The zero-order valence-electron chi connectivity index (χ0n) is 30.2. The maximum atomic E-state index is 13.9. The second kappa shape index (κ2) is 19.8. The largest absolute Gasteiger partial charge is 0.484 e. The van der Waals surface area contributed by atoms with Crippen molar-refractivity contribution in [1.82, 2.24) is 15.2 Å². The van der Waals surface area contributed by atoms with Crippen LogP contribution < -0.4 is 10.1 Å². The maximum absolute atomic E-state index is 13.9. The molecule has 4 rings (SSSR count). The third-order valence-corrected chi connectivity index (χ3v) is 10.8. The molecule has 0 radical (unpaired) electrons. The topological polar surface area (TPSA) is 161 Å². The molecule has 2 amide bonds. The number of fused-ring (bicyclic) bond motifs is 1. The van der Waals surface area contributed by atoms with Crippen LogP contribution in [-0.2, 0) is 35.7 Å². The van der Waals surface area contributed by atoms with E-state index in [4.69, 9.17) is 19.0 Å². The summed E-state index contributed by atoms with van der Waals surface area (Å²) in [5.41, 5.74) is 2.11. The number of aryl methyl sites for hydroxylation is 1. The molecule has 16 heteroatoms. The summed E-state index contributed by atoms with van der Waals surface area (Å²) in [6.07, 6.45) is 5.88. The van der Waals surface area contributed by atoms with Gasteiger partial charge in [-0.15, -0.1) is 24.1 Å². The first-order chi connectivity index (χ1) is 24.4. The number of carbonyl (C=O) groups is 4. The SMILES string of the molecule is C#CC.CC=O.COCC1=C(C(=O)OC(C)(C)C)N(C=O)C(C(C)NC(=O)COc2ccc(-c3[nH]c4ccc(F)cc4c3C)c(S(=O)(=O)I)c2)SC1. The monoisotopic (exact) mass is 871 g/mol. The summed E-state index contributed by atoms with van der Waals surface area (Å²) in [5.74, 6) is 1.16. The molecule has 0 bridgehead atoms. The van der Waals surface area contributed by atoms with Crippen LogP contribution in [0.25, 0.3) is 22.2 Å². The van der Waals surface area contributed by atoms with E-state index in [9.17, 15) is 27.2 Å². The van der Waals surface area contributed by atoms with E-state index in [-0.39, 0.29) is 22.9 Å². The number of nitrogens with zero attached hydrogens (tertiary/aromatic N) is 1. The minimum Gasteiger partial charge on any atom is -0.484 e. The molecule has 0 spiro atoms. The van der Waals surface area contributed by atoms with Crippen molar-refractivity contribution < 1.29 is 46.2 Å². The number of aromatic amines is 1. The van der Waals surface area contributed by atoms with Gasteiger partial charge in [0.05, 0.1) is 44.4 Å². The minimum absolute atomic E-state index is 0.0388. The van der Waals surface area contributed by atoms with E-state index in [1.807, 2.05) is 0 Å². The van der Waals surface area contributed by atoms with E-state index < -0.39 is 48.3 Å². The normalized spacial score (nSPS) is 14.9. The van der Waals surface area contributed by atoms with Crippen molar-refractivity contribution in [3.8, 4) is 29.4 Å². The number of rotatable bonds is 11. The van der Waals surface area contributed by atoms with E-state index in [0.717, 1.165) is 6.29 Å². The van der Waals surface area contributed by atoms with Crippen LogP contribution in [0.3, 0.4) is 0 Å². The second-order valence-electron chi connectivity index (χ2n) is 12.2. The Hall–Kier alpha value is -3.92. The highest BCUT2D eigenvalue weighted by Gasteiger charge is 2.38. The van der Waals surface area contributed by atoms with Gasteiger partial charge in [-0.05, 0) is 89.9 Å². The lowest BCUT2D eigenvalue weighted by atomic mass is 10.1. The van der Waals surface area contributed by atoms with E-state index in [0.29, 0.717) is 45.5 Å². The number of methoxy groups -OCH3 is 1. The Kier molecular flexibility index (Phi) is 16.8. The first-order valence-electron chi connectivity index (χ1n) is 15.7. The molecule has 1 aliphatic heterocycles. The molecule has 52 heavy (non-hydrogen) atoms. The molecule has 3 aromatic rings. The number of ether oxygens (including phenoxy) is 3.